The van der Waals surface area contributed by atoms with E-state index >= 15 is 4.39 Å². The van der Waals surface area contributed by atoms with Crippen LogP contribution >= 0.6 is 11.6 Å². The number of nitrogens with two attached hydrogens (primary N) is 1. The molecule has 18 heteroatoms. The molecule has 2 aliphatic heterocycles. The maximum Gasteiger partial charge on any atom is 0.348 e. The topological polar surface area (TPSA) is 220 Å². The quantitative estimate of drug-likeness (QED) is 0.190. The summed E-state index contributed by atoms with van der Waals surface area (Å²) in [4.78, 5) is 36.3. The van der Waals surface area contributed by atoms with Crippen molar-refractivity contribution in [2.24, 2.45) is 0 Å². The number of imidazole rings is 1. The molecule has 4 heterocycles. The fraction of sp³-hybridized carbons (Fsp3) is 0.458. The second-order valence-electron chi connectivity index (χ2n) is 9.89. The molecule has 0 saturated carbocycles. The Kier molecular flexibility index (Phi) is 7.97. The number of halogens is 2. The lowest BCUT2D eigenvalue weighted by molar-refractivity contribution is -0.190. The summed E-state index contributed by atoms with van der Waals surface area (Å²) in [6.45, 7) is -0.521. The number of hydrogen-bond acceptors (Lipinski definition) is 11. The molecular weight excluding hydrogens is 603 g/mol. The third-order valence-electron chi connectivity index (χ3n) is 7.20. The van der Waals surface area contributed by atoms with E-state index in [1.807, 2.05) is 0 Å². The van der Waals surface area contributed by atoms with Gasteiger partial charge in [0.15, 0.2) is 23.9 Å². The zero-order chi connectivity index (χ0) is 30.4. The molecule has 0 radical (unpaired) electrons. The molecule has 4 atom stereocenters. The van der Waals surface area contributed by atoms with E-state index in [0.717, 1.165) is 10.9 Å². The van der Waals surface area contributed by atoms with Crippen molar-refractivity contribution in [3.05, 3.63) is 41.4 Å². The summed E-state index contributed by atoms with van der Waals surface area (Å²) in [6, 6.07) is 5.71. The van der Waals surface area contributed by atoms with Crippen LogP contribution in [0.4, 0.5) is 15.9 Å². The molecule has 5 N–H and O–H groups in total. The Bertz CT molecular complexity index is 1610. The van der Waals surface area contributed by atoms with Crippen molar-refractivity contribution >= 4 is 56.2 Å². The van der Waals surface area contributed by atoms with Gasteiger partial charge in [0.05, 0.1) is 24.4 Å². The van der Waals surface area contributed by atoms with Gasteiger partial charge in [0.2, 0.25) is 15.3 Å². The average Bonchev–Trinajstić information content (AvgIpc) is 3.47. The minimum atomic E-state index is -3.49. The van der Waals surface area contributed by atoms with E-state index in [1.165, 1.54) is 28.6 Å². The van der Waals surface area contributed by atoms with Crippen molar-refractivity contribution in [2.75, 3.05) is 28.9 Å². The molecule has 0 aliphatic carbocycles. The van der Waals surface area contributed by atoms with Gasteiger partial charge in [-0.25, -0.2) is 27.4 Å². The van der Waals surface area contributed by atoms with Crippen molar-refractivity contribution < 1.29 is 47.2 Å². The van der Waals surface area contributed by atoms with E-state index in [2.05, 4.69) is 15.0 Å². The number of alkyl halides is 1. The van der Waals surface area contributed by atoms with Crippen LogP contribution in [-0.2, 0) is 35.5 Å². The maximum atomic E-state index is 15.2. The number of benzene rings is 1. The Labute approximate surface area is 242 Å². The van der Waals surface area contributed by atoms with E-state index in [4.69, 9.17) is 26.8 Å². The summed E-state index contributed by atoms with van der Waals surface area (Å²) in [7, 11) is -3.49. The van der Waals surface area contributed by atoms with Crippen LogP contribution in [0.2, 0.25) is 5.28 Å². The number of ether oxygens (including phenoxy) is 2. The smallest absolute Gasteiger partial charge is 0.348 e. The molecular formula is C24H26ClFN6O9S. The van der Waals surface area contributed by atoms with Gasteiger partial charge in [0.1, 0.15) is 17.7 Å². The number of carboxylic acid groups (broad SMARTS) is 2. The molecule has 0 unspecified atom stereocenters. The van der Waals surface area contributed by atoms with Gasteiger partial charge >= 0.3 is 11.9 Å². The summed E-state index contributed by atoms with van der Waals surface area (Å²) in [5.74, 6) is -3.76. The van der Waals surface area contributed by atoms with Crippen molar-refractivity contribution in [3.63, 3.8) is 0 Å². The Balaban J connectivity index is 1.34. The van der Waals surface area contributed by atoms with E-state index < -0.39 is 65.2 Å². The van der Waals surface area contributed by atoms with Crippen molar-refractivity contribution in [3.8, 4) is 0 Å². The predicted octanol–water partition coefficient (Wildman–Crippen LogP) is 0.756. The Morgan fingerprint density at radius 2 is 1.88 bits per heavy atom. The Hall–Kier alpha value is -3.64. The van der Waals surface area contributed by atoms with E-state index in [0.29, 0.717) is 25.1 Å². The van der Waals surface area contributed by atoms with Gasteiger partial charge in [-0.3, -0.25) is 8.87 Å². The number of aromatic nitrogens is 4. The average molecular weight is 629 g/mol. The van der Waals surface area contributed by atoms with Crippen LogP contribution in [0.25, 0.3) is 11.2 Å². The number of anilines is 2. The first kappa shape index (κ1) is 29.8. The first-order valence-electron chi connectivity index (χ1n) is 12.7. The molecule has 0 spiro atoms. The fourth-order valence-corrected chi connectivity index (χ4v) is 6.76. The summed E-state index contributed by atoms with van der Waals surface area (Å²) < 4.78 is 53.3. The van der Waals surface area contributed by atoms with Gasteiger partial charge < -0.3 is 30.5 Å². The highest BCUT2D eigenvalue weighted by molar-refractivity contribution is 7.92. The highest BCUT2D eigenvalue weighted by Gasteiger charge is 2.52. The molecule has 2 aliphatic rings. The SMILES string of the molecule is Nc1nc(Cl)nc2c1ncn2[C@@H]1O[C@H](COC(Cc2ccc(N3CCCCS3(=O)=O)cc2)(C(=O)O)C(=O)O)[C@@H](O)[C@@H]1F. The van der Waals surface area contributed by atoms with Crippen molar-refractivity contribution in [2.45, 2.75) is 49.5 Å². The lowest BCUT2D eigenvalue weighted by Gasteiger charge is -2.29. The Morgan fingerprint density at radius 1 is 1.19 bits per heavy atom. The third kappa shape index (κ3) is 5.33. The fourth-order valence-electron chi connectivity index (χ4n) is 4.95. The number of rotatable bonds is 9. The molecule has 2 fully saturated rings. The zero-order valence-corrected chi connectivity index (χ0v) is 23.3. The first-order valence-corrected chi connectivity index (χ1v) is 14.7. The second kappa shape index (κ2) is 11.2. The van der Waals surface area contributed by atoms with Crippen LogP contribution in [0.15, 0.2) is 30.6 Å². The number of aliphatic hydroxyl groups is 1. The summed E-state index contributed by atoms with van der Waals surface area (Å²) >= 11 is 5.85. The molecule has 1 aromatic carbocycles. The number of carboxylic acids is 2. The number of hydrogen-bond donors (Lipinski definition) is 4. The highest BCUT2D eigenvalue weighted by Crippen LogP contribution is 2.35. The molecule has 2 aromatic heterocycles. The van der Waals surface area contributed by atoms with Gasteiger partial charge in [-0.1, -0.05) is 12.1 Å². The first-order chi connectivity index (χ1) is 19.8. The largest absolute Gasteiger partial charge is 0.479 e. The summed E-state index contributed by atoms with van der Waals surface area (Å²) in [5.41, 5.74) is 3.62. The van der Waals surface area contributed by atoms with E-state index in [9.17, 15) is 33.3 Å². The van der Waals surface area contributed by atoms with Crippen LogP contribution in [0, 0.1) is 0 Å². The van der Waals surface area contributed by atoms with Crippen LogP contribution in [0.3, 0.4) is 0 Å². The van der Waals surface area contributed by atoms with Crippen LogP contribution in [0.1, 0.15) is 24.6 Å². The molecule has 226 valence electrons. The number of sulfonamides is 1. The Morgan fingerprint density at radius 3 is 2.52 bits per heavy atom. The predicted molar refractivity (Wildman–Crippen MR) is 144 cm³/mol. The molecule has 0 amide bonds. The van der Waals surface area contributed by atoms with Crippen molar-refractivity contribution in [1.82, 2.24) is 19.5 Å². The monoisotopic (exact) mass is 628 g/mol. The summed E-state index contributed by atoms with van der Waals surface area (Å²) in [6.07, 6.45) is -5.20. The number of aliphatic hydroxyl groups excluding tert-OH is 1. The molecule has 3 aromatic rings. The van der Waals surface area contributed by atoms with Crippen LogP contribution in [0.5, 0.6) is 0 Å². The molecule has 0 bridgehead atoms. The number of nitrogen functional groups attached to an aromatic ring is 1. The minimum absolute atomic E-state index is 0.00596. The van der Waals surface area contributed by atoms with Gasteiger partial charge in [0.25, 0.3) is 5.60 Å². The van der Waals surface area contributed by atoms with Gasteiger partial charge in [-0.2, -0.15) is 9.97 Å². The van der Waals surface area contributed by atoms with Crippen LogP contribution in [-0.4, -0.2) is 98.1 Å². The summed E-state index contributed by atoms with van der Waals surface area (Å²) in [5, 5.41) is 30.1. The van der Waals surface area contributed by atoms with Crippen molar-refractivity contribution in [1.29, 1.82) is 0 Å². The normalized spacial score (nSPS) is 24.2. The molecule has 15 nitrogen and oxygen atoms in total. The van der Waals surface area contributed by atoms with Crippen LogP contribution < -0.4 is 10.0 Å². The van der Waals surface area contributed by atoms with Gasteiger partial charge in [-0.15, -0.1) is 0 Å². The molecule has 5 rings (SSSR count). The molecule has 2 saturated heterocycles. The lowest BCUT2D eigenvalue weighted by Crippen LogP contribution is -2.52. The van der Waals surface area contributed by atoms with E-state index in [1.54, 1.807) is 0 Å². The zero-order valence-electron chi connectivity index (χ0n) is 21.7. The number of fused-ring (bicyclic) bond motifs is 1. The number of aliphatic carboxylic acids is 2. The highest BCUT2D eigenvalue weighted by atomic mass is 35.5. The third-order valence-corrected chi connectivity index (χ3v) is 9.24. The van der Waals surface area contributed by atoms with Gasteiger partial charge in [0, 0.05) is 13.0 Å². The standard InChI is InChI=1S/C24H26ClFN6O9S/c25-23-29-18(27)16-19(30-23)31(11-28-16)20-15(26)17(33)14(41-20)10-40-24(21(34)35,22(36)37)9-12-3-5-13(6-4-12)32-7-1-2-8-42(32,38)39/h3-6,11,14-15,17,20,33H,1-2,7-10H2,(H,34,35)(H,36,37)(H2,27,29,30)/t14-,15+,17-,20-/m1/s1. The number of carbonyl (C=O) groups is 2. The minimum Gasteiger partial charge on any atom is -0.479 e. The molecule has 42 heavy (non-hydrogen) atoms. The van der Waals surface area contributed by atoms with Gasteiger partial charge in [-0.05, 0) is 42.1 Å². The maximum absolute atomic E-state index is 15.2. The number of nitrogens with zero attached hydrogens (tertiary/aromatic N) is 5. The second-order valence-corrected chi connectivity index (χ2v) is 12.2. The van der Waals surface area contributed by atoms with E-state index in [-0.39, 0.29) is 33.6 Å². The lowest BCUT2D eigenvalue weighted by atomic mass is 9.94.